The van der Waals surface area contributed by atoms with Gasteiger partial charge in [-0.2, -0.15) is 0 Å². The van der Waals surface area contributed by atoms with Gasteiger partial charge in [0.25, 0.3) is 10.0 Å². The van der Waals surface area contributed by atoms with Gasteiger partial charge in [-0.3, -0.25) is 4.31 Å². The highest BCUT2D eigenvalue weighted by molar-refractivity contribution is 7.92. The Hall–Kier alpha value is -1.88. The maximum absolute atomic E-state index is 13.0. The van der Waals surface area contributed by atoms with E-state index < -0.39 is 15.8 Å². The highest BCUT2D eigenvalue weighted by Gasteiger charge is 2.24. The van der Waals surface area contributed by atoms with Crippen molar-refractivity contribution in [1.82, 2.24) is 0 Å². The van der Waals surface area contributed by atoms with E-state index in [1.165, 1.54) is 16.4 Å². The van der Waals surface area contributed by atoms with Gasteiger partial charge < -0.3 is 0 Å². The van der Waals surface area contributed by atoms with E-state index in [0.717, 1.165) is 17.7 Å². The molecule has 0 aliphatic rings. The van der Waals surface area contributed by atoms with Crippen LogP contribution in [-0.4, -0.2) is 15.0 Å². The first kappa shape index (κ1) is 15.5. The third-order valence-electron chi connectivity index (χ3n) is 3.12. The van der Waals surface area contributed by atoms with E-state index in [9.17, 15) is 12.8 Å². The van der Waals surface area contributed by atoms with E-state index in [-0.39, 0.29) is 4.90 Å². The van der Waals surface area contributed by atoms with Crippen molar-refractivity contribution in [1.29, 1.82) is 0 Å². The summed E-state index contributed by atoms with van der Waals surface area (Å²) < 4.78 is 39.9. The topological polar surface area (TPSA) is 37.4 Å². The summed E-state index contributed by atoms with van der Waals surface area (Å²) in [5, 5.41) is 0. The molecule has 2 aromatic carbocycles. The van der Waals surface area contributed by atoms with Crippen LogP contribution in [0.4, 0.5) is 10.1 Å². The van der Waals surface area contributed by atoms with Crippen LogP contribution in [0.1, 0.15) is 18.9 Å². The molecule has 0 unspecified atom stereocenters. The fourth-order valence-electron chi connectivity index (χ4n) is 2.11. The molecule has 0 radical (unpaired) electrons. The van der Waals surface area contributed by atoms with E-state index in [1.807, 2.05) is 32.0 Å². The highest BCUT2D eigenvalue weighted by Crippen LogP contribution is 2.24. The molecule has 0 amide bonds. The summed E-state index contributed by atoms with van der Waals surface area (Å²) in [7, 11) is -3.68. The Balaban J connectivity index is 2.48. The molecule has 0 atom stereocenters. The van der Waals surface area contributed by atoms with Crippen molar-refractivity contribution < 1.29 is 12.8 Å². The van der Waals surface area contributed by atoms with E-state index in [2.05, 4.69) is 0 Å². The summed E-state index contributed by atoms with van der Waals surface area (Å²) >= 11 is 0. The lowest BCUT2D eigenvalue weighted by Gasteiger charge is -2.24. The van der Waals surface area contributed by atoms with E-state index in [0.29, 0.717) is 18.7 Å². The van der Waals surface area contributed by atoms with Gasteiger partial charge in [0.05, 0.1) is 10.6 Å². The summed E-state index contributed by atoms with van der Waals surface area (Å²) in [5.74, 6) is -0.452. The van der Waals surface area contributed by atoms with Gasteiger partial charge in [0.1, 0.15) is 5.82 Å². The molecule has 112 valence electrons. The number of rotatable bonds is 5. The number of anilines is 1. The summed E-state index contributed by atoms with van der Waals surface area (Å²) in [4.78, 5) is 0.0962. The Kier molecular flexibility index (Phi) is 4.63. The molecule has 0 aliphatic carbocycles. The Morgan fingerprint density at radius 2 is 1.76 bits per heavy atom. The predicted octanol–water partition coefficient (Wildman–Crippen LogP) is 3.74. The van der Waals surface area contributed by atoms with E-state index in [1.54, 1.807) is 6.07 Å². The second-order valence-corrected chi connectivity index (χ2v) is 6.73. The van der Waals surface area contributed by atoms with Crippen LogP contribution in [0, 0.1) is 12.7 Å². The van der Waals surface area contributed by atoms with Gasteiger partial charge in [0, 0.05) is 6.54 Å². The normalized spacial score (nSPS) is 11.4. The van der Waals surface area contributed by atoms with Gasteiger partial charge in [0.15, 0.2) is 0 Å². The predicted molar refractivity (Wildman–Crippen MR) is 82.4 cm³/mol. The Labute approximate surface area is 125 Å². The van der Waals surface area contributed by atoms with E-state index in [4.69, 9.17) is 0 Å². The largest absolute Gasteiger partial charge is 0.266 e. The van der Waals surface area contributed by atoms with Crippen LogP contribution in [0.3, 0.4) is 0 Å². The molecule has 0 N–H and O–H groups in total. The molecule has 0 spiro atoms. The first-order chi connectivity index (χ1) is 9.95. The van der Waals surface area contributed by atoms with E-state index >= 15 is 0 Å². The minimum atomic E-state index is -3.68. The molecule has 0 aliphatic heterocycles. The van der Waals surface area contributed by atoms with Crippen molar-refractivity contribution in [2.24, 2.45) is 0 Å². The van der Waals surface area contributed by atoms with Gasteiger partial charge in [-0.25, -0.2) is 12.8 Å². The smallest absolute Gasteiger partial charge is 0.264 e. The van der Waals surface area contributed by atoms with Crippen LogP contribution in [0.2, 0.25) is 0 Å². The summed E-state index contributed by atoms with van der Waals surface area (Å²) in [6.07, 6.45) is 0.689. The number of hydrogen-bond donors (Lipinski definition) is 0. The maximum atomic E-state index is 13.0. The molecule has 0 saturated heterocycles. The van der Waals surface area contributed by atoms with Crippen molar-refractivity contribution in [3.8, 4) is 0 Å². The van der Waals surface area contributed by atoms with Crippen molar-refractivity contribution in [3.63, 3.8) is 0 Å². The molecule has 2 aromatic rings. The quantitative estimate of drug-likeness (QED) is 0.844. The Morgan fingerprint density at radius 3 is 2.33 bits per heavy atom. The monoisotopic (exact) mass is 307 g/mol. The lowest BCUT2D eigenvalue weighted by molar-refractivity contribution is 0.589. The molecule has 0 heterocycles. The zero-order valence-electron chi connectivity index (χ0n) is 12.1. The fraction of sp³-hybridized carbons (Fsp3) is 0.250. The van der Waals surface area contributed by atoms with Gasteiger partial charge in [-0.15, -0.1) is 0 Å². The number of benzene rings is 2. The number of sulfonamides is 1. The third kappa shape index (κ3) is 3.42. The first-order valence-electron chi connectivity index (χ1n) is 6.80. The van der Waals surface area contributed by atoms with Crippen LogP contribution in [0.15, 0.2) is 53.4 Å². The van der Waals surface area contributed by atoms with Crippen LogP contribution < -0.4 is 4.31 Å². The molecule has 3 nitrogen and oxygen atoms in total. The number of halogens is 1. The molecular weight excluding hydrogens is 289 g/mol. The summed E-state index contributed by atoms with van der Waals surface area (Å²) in [6.45, 7) is 4.21. The Morgan fingerprint density at radius 1 is 1.10 bits per heavy atom. The zero-order valence-corrected chi connectivity index (χ0v) is 12.9. The minimum Gasteiger partial charge on any atom is -0.266 e. The zero-order chi connectivity index (χ0) is 15.5. The Bertz CT molecular complexity index is 711. The van der Waals surface area contributed by atoms with Crippen molar-refractivity contribution in [3.05, 3.63) is 59.9 Å². The molecule has 0 saturated carbocycles. The van der Waals surface area contributed by atoms with Gasteiger partial charge in [-0.05, 0) is 55.3 Å². The van der Waals surface area contributed by atoms with Crippen LogP contribution in [0.5, 0.6) is 0 Å². The number of nitrogens with zero attached hydrogens (tertiary/aromatic N) is 1. The molecular formula is C16H18FNO2S. The molecule has 0 fully saturated rings. The molecule has 5 heteroatoms. The summed E-state index contributed by atoms with van der Waals surface area (Å²) in [5.41, 5.74) is 1.61. The van der Waals surface area contributed by atoms with Crippen molar-refractivity contribution >= 4 is 15.7 Å². The van der Waals surface area contributed by atoms with Gasteiger partial charge in [0.2, 0.25) is 0 Å². The average molecular weight is 307 g/mol. The lowest BCUT2D eigenvalue weighted by Crippen LogP contribution is -2.31. The van der Waals surface area contributed by atoms with Crippen molar-refractivity contribution in [2.75, 3.05) is 10.8 Å². The SMILES string of the molecule is CCCN(c1cccc(C)c1)S(=O)(=O)c1ccc(F)cc1. The van der Waals surface area contributed by atoms with Crippen LogP contribution in [-0.2, 0) is 10.0 Å². The van der Waals surface area contributed by atoms with Gasteiger partial charge >= 0.3 is 0 Å². The van der Waals surface area contributed by atoms with Crippen LogP contribution >= 0.6 is 0 Å². The maximum Gasteiger partial charge on any atom is 0.264 e. The first-order valence-corrected chi connectivity index (χ1v) is 8.24. The van der Waals surface area contributed by atoms with Gasteiger partial charge in [-0.1, -0.05) is 19.1 Å². The average Bonchev–Trinajstić information content (AvgIpc) is 2.45. The molecule has 0 aromatic heterocycles. The number of hydrogen-bond acceptors (Lipinski definition) is 2. The fourth-order valence-corrected chi connectivity index (χ4v) is 3.66. The minimum absolute atomic E-state index is 0.0962. The van der Waals surface area contributed by atoms with Crippen LogP contribution in [0.25, 0.3) is 0 Å². The van der Waals surface area contributed by atoms with Crippen molar-refractivity contribution in [2.45, 2.75) is 25.2 Å². The molecule has 0 bridgehead atoms. The second kappa shape index (κ2) is 6.26. The summed E-state index contributed by atoms with van der Waals surface area (Å²) in [6, 6.07) is 12.2. The molecule has 2 rings (SSSR count). The highest BCUT2D eigenvalue weighted by atomic mass is 32.2. The molecule has 21 heavy (non-hydrogen) atoms. The third-order valence-corrected chi connectivity index (χ3v) is 4.96. The number of aryl methyl sites for hydroxylation is 1. The lowest BCUT2D eigenvalue weighted by atomic mass is 10.2. The standard InChI is InChI=1S/C16H18FNO2S/c1-3-11-18(15-6-4-5-13(2)12-15)21(19,20)16-9-7-14(17)8-10-16/h4-10,12H,3,11H2,1-2H3. The second-order valence-electron chi connectivity index (χ2n) is 4.87.